The van der Waals surface area contributed by atoms with Crippen molar-refractivity contribution < 1.29 is 5.11 Å². The summed E-state index contributed by atoms with van der Waals surface area (Å²) in [5.41, 5.74) is 10.5. The summed E-state index contributed by atoms with van der Waals surface area (Å²) in [7, 11) is 0. The van der Waals surface area contributed by atoms with Crippen molar-refractivity contribution >= 4 is 16.7 Å². The lowest BCUT2D eigenvalue weighted by Crippen LogP contribution is -2.21. The molecule has 0 amide bonds. The van der Waals surface area contributed by atoms with Gasteiger partial charge in [-0.25, -0.2) is 0 Å². The molecule has 0 radical (unpaired) electrons. The van der Waals surface area contributed by atoms with Crippen LogP contribution >= 0.6 is 0 Å². The largest absolute Gasteiger partial charge is 0.505 e. The molecule has 3 N–H and O–H groups in total. The maximum Gasteiger partial charge on any atom is 0.146 e. The normalized spacial score (nSPS) is 12.7. The van der Waals surface area contributed by atoms with Gasteiger partial charge in [0.05, 0.1) is 0 Å². The van der Waals surface area contributed by atoms with Crippen molar-refractivity contribution in [3.63, 3.8) is 0 Å². The number of nitrogen functional groups attached to an aromatic ring is 1. The molecule has 5 nitrogen and oxygen atoms in total. The van der Waals surface area contributed by atoms with Gasteiger partial charge in [0.1, 0.15) is 22.5 Å². The van der Waals surface area contributed by atoms with Crippen molar-refractivity contribution in [2.75, 3.05) is 5.73 Å². The van der Waals surface area contributed by atoms with Crippen LogP contribution in [0.1, 0.15) is 65.5 Å². The third-order valence-electron chi connectivity index (χ3n) is 5.99. The third kappa shape index (κ3) is 3.38. The van der Waals surface area contributed by atoms with E-state index in [4.69, 9.17) is 5.73 Å². The zero-order chi connectivity index (χ0) is 20.0. The second-order valence-corrected chi connectivity index (χ2v) is 8.60. The minimum atomic E-state index is -0.157. The molecular formula is C22H30N4O. The van der Waals surface area contributed by atoms with Crippen LogP contribution in [0.15, 0.2) is 30.3 Å². The topological polar surface area (TPSA) is 77.0 Å². The highest BCUT2D eigenvalue weighted by Crippen LogP contribution is 2.41. The van der Waals surface area contributed by atoms with Gasteiger partial charge in [-0.3, -0.25) is 0 Å². The quantitative estimate of drug-likeness (QED) is 0.617. The van der Waals surface area contributed by atoms with Crippen LogP contribution in [0.5, 0.6) is 5.75 Å². The van der Waals surface area contributed by atoms with E-state index in [0.29, 0.717) is 16.9 Å². The van der Waals surface area contributed by atoms with E-state index in [1.54, 1.807) is 6.07 Å². The van der Waals surface area contributed by atoms with E-state index in [-0.39, 0.29) is 16.6 Å². The average molecular weight is 367 g/mol. The Hall–Kier alpha value is -2.56. The molecule has 5 heteroatoms. The second kappa shape index (κ2) is 6.55. The van der Waals surface area contributed by atoms with Gasteiger partial charge < -0.3 is 10.8 Å². The van der Waals surface area contributed by atoms with Crippen LogP contribution in [0.2, 0.25) is 0 Å². The first-order chi connectivity index (χ1) is 12.6. The smallest absolute Gasteiger partial charge is 0.146 e. The van der Waals surface area contributed by atoms with E-state index < -0.39 is 0 Å². The zero-order valence-electron chi connectivity index (χ0n) is 17.2. The van der Waals surface area contributed by atoms with E-state index in [9.17, 15) is 5.11 Å². The number of hydrogen-bond donors (Lipinski definition) is 2. The molecule has 0 aliphatic rings. The summed E-state index contributed by atoms with van der Waals surface area (Å²) in [6.45, 7) is 13.1. The van der Waals surface area contributed by atoms with E-state index in [2.05, 4.69) is 57.8 Å². The predicted octanol–water partition coefficient (Wildman–Crippen LogP) is 5.08. The number of phenols is 1. The number of nitrogens with two attached hydrogens (primary N) is 1. The Morgan fingerprint density at radius 2 is 1.56 bits per heavy atom. The van der Waals surface area contributed by atoms with Crippen LogP contribution in [0.4, 0.5) is 5.69 Å². The van der Waals surface area contributed by atoms with Crippen LogP contribution in [-0.2, 0) is 10.8 Å². The molecule has 1 aromatic heterocycles. The van der Waals surface area contributed by atoms with Crippen molar-refractivity contribution in [1.82, 2.24) is 15.0 Å². The van der Waals surface area contributed by atoms with Crippen molar-refractivity contribution in [1.29, 1.82) is 0 Å². The summed E-state index contributed by atoms with van der Waals surface area (Å²) in [4.78, 5) is 1.53. The zero-order valence-corrected chi connectivity index (χ0v) is 17.2. The third-order valence-corrected chi connectivity index (χ3v) is 5.99. The van der Waals surface area contributed by atoms with Gasteiger partial charge in [-0.1, -0.05) is 47.6 Å². The van der Waals surface area contributed by atoms with E-state index in [0.717, 1.165) is 23.9 Å². The van der Waals surface area contributed by atoms with Gasteiger partial charge >= 0.3 is 0 Å². The molecule has 0 saturated heterocycles. The standard InChI is InChI=1S/C22H30N4O/c1-7-21(3,4)14-11-16(22(5,6)8-2)20(27)19(12-14)26-24-17-10-9-15(23)13-18(17)25-26/h9-13,27H,7-8,23H2,1-6H3. The Kier molecular flexibility index (Phi) is 4.66. The van der Waals surface area contributed by atoms with Crippen LogP contribution in [0, 0.1) is 0 Å². The summed E-state index contributed by atoms with van der Waals surface area (Å²) < 4.78 is 0. The van der Waals surface area contributed by atoms with Gasteiger partial charge in [0.2, 0.25) is 0 Å². The molecule has 0 atom stereocenters. The van der Waals surface area contributed by atoms with E-state index in [1.807, 2.05) is 18.2 Å². The lowest BCUT2D eigenvalue weighted by molar-refractivity contribution is 0.420. The summed E-state index contributed by atoms with van der Waals surface area (Å²) >= 11 is 0. The first-order valence-corrected chi connectivity index (χ1v) is 9.60. The summed E-state index contributed by atoms with van der Waals surface area (Å²) in [6, 6.07) is 9.61. The first-order valence-electron chi connectivity index (χ1n) is 9.60. The minimum absolute atomic E-state index is 0.0158. The molecule has 0 unspecified atom stereocenters. The summed E-state index contributed by atoms with van der Waals surface area (Å²) in [5.74, 6) is 0.241. The highest BCUT2D eigenvalue weighted by atomic mass is 16.3. The van der Waals surface area contributed by atoms with Crippen LogP contribution in [0.25, 0.3) is 16.7 Å². The first kappa shape index (κ1) is 19.2. The van der Waals surface area contributed by atoms with Crippen molar-refractivity contribution in [3.05, 3.63) is 41.5 Å². The van der Waals surface area contributed by atoms with Gasteiger partial charge in [-0.15, -0.1) is 15.0 Å². The second-order valence-electron chi connectivity index (χ2n) is 8.60. The molecule has 0 aliphatic heterocycles. The Bertz CT molecular complexity index is 985. The Labute approximate surface area is 161 Å². The highest BCUT2D eigenvalue weighted by Gasteiger charge is 2.29. The highest BCUT2D eigenvalue weighted by molar-refractivity contribution is 5.78. The molecule has 144 valence electrons. The number of fused-ring (bicyclic) bond motifs is 1. The van der Waals surface area contributed by atoms with Gasteiger partial charge in [0, 0.05) is 11.3 Å². The molecule has 0 bridgehead atoms. The fraction of sp³-hybridized carbons (Fsp3) is 0.455. The fourth-order valence-electron chi connectivity index (χ4n) is 3.11. The van der Waals surface area contributed by atoms with Gasteiger partial charge in [-0.2, -0.15) is 0 Å². The summed E-state index contributed by atoms with van der Waals surface area (Å²) in [5, 5.41) is 20.3. The Morgan fingerprint density at radius 3 is 2.19 bits per heavy atom. The molecule has 3 rings (SSSR count). The fourth-order valence-corrected chi connectivity index (χ4v) is 3.11. The van der Waals surface area contributed by atoms with Crippen molar-refractivity contribution in [2.24, 2.45) is 0 Å². The van der Waals surface area contributed by atoms with E-state index in [1.165, 1.54) is 10.4 Å². The number of hydrogen-bond acceptors (Lipinski definition) is 4. The SMILES string of the molecule is CCC(C)(C)c1cc(-n2nc3ccc(N)cc3n2)c(O)c(C(C)(C)CC)c1. The lowest BCUT2D eigenvalue weighted by atomic mass is 9.76. The number of anilines is 1. The minimum Gasteiger partial charge on any atom is -0.505 e. The van der Waals surface area contributed by atoms with Crippen LogP contribution in [0.3, 0.4) is 0 Å². The molecule has 0 aliphatic carbocycles. The van der Waals surface area contributed by atoms with Crippen molar-refractivity contribution in [2.45, 2.75) is 65.2 Å². The molecule has 1 heterocycles. The maximum absolute atomic E-state index is 11.1. The van der Waals surface area contributed by atoms with Gasteiger partial charge in [0.25, 0.3) is 0 Å². The van der Waals surface area contributed by atoms with Crippen LogP contribution in [-0.4, -0.2) is 20.1 Å². The number of nitrogens with zero attached hydrogens (tertiary/aromatic N) is 3. The average Bonchev–Trinajstić information content (AvgIpc) is 3.04. The number of rotatable bonds is 5. The summed E-state index contributed by atoms with van der Waals surface area (Å²) in [6.07, 6.45) is 1.91. The molecule has 2 aromatic carbocycles. The molecule has 3 aromatic rings. The number of benzene rings is 2. The lowest BCUT2D eigenvalue weighted by Gasteiger charge is -2.30. The Balaban J connectivity index is 2.29. The molecule has 0 spiro atoms. The van der Waals surface area contributed by atoms with Crippen molar-refractivity contribution in [3.8, 4) is 11.4 Å². The number of phenolic OH excluding ortho intramolecular Hbond substituents is 1. The van der Waals surface area contributed by atoms with E-state index >= 15 is 0 Å². The maximum atomic E-state index is 11.1. The molecule has 27 heavy (non-hydrogen) atoms. The van der Waals surface area contributed by atoms with Gasteiger partial charge in [0.15, 0.2) is 0 Å². The predicted molar refractivity (Wildman–Crippen MR) is 112 cm³/mol. The monoisotopic (exact) mass is 366 g/mol. The number of aromatic nitrogens is 3. The van der Waals surface area contributed by atoms with Crippen LogP contribution < -0.4 is 5.73 Å². The molecular weight excluding hydrogens is 336 g/mol. The molecule has 0 fully saturated rings. The van der Waals surface area contributed by atoms with Gasteiger partial charge in [-0.05, 0) is 53.5 Å². The number of aromatic hydroxyl groups is 1. The molecule has 0 saturated carbocycles. The Morgan fingerprint density at radius 1 is 0.926 bits per heavy atom.